The topological polar surface area (TPSA) is 29.6 Å². The summed E-state index contributed by atoms with van der Waals surface area (Å²) in [6, 6.07) is 17.5. The minimum Gasteiger partial charge on any atom is -0.356 e. The Hall–Kier alpha value is -1.93. The lowest BCUT2D eigenvalue weighted by atomic mass is 10.0. The van der Waals surface area contributed by atoms with Gasteiger partial charge in [0.15, 0.2) is 11.9 Å². The molecule has 0 radical (unpaired) electrons. The first-order chi connectivity index (χ1) is 8.75. The molecule has 0 aromatic heterocycles. The van der Waals surface area contributed by atoms with Crippen LogP contribution in [0.5, 0.6) is 0 Å². The number of carbonyl (C=O) groups is 1. The van der Waals surface area contributed by atoms with E-state index < -0.39 is 0 Å². The minimum atomic E-state index is -0.311. The Morgan fingerprint density at radius 1 is 1.06 bits per heavy atom. The first-order valence-electron chi connectivity index (χ1n) is 6.07. The first kappa shape index (κ1) is 11.2. The zero-order valence-electron chi connectivity index (χ0n) is 10.2. The molecule has 90 valence electrons. The van der Waals surface area contributed by atoms with Gasteiger partial charge in [-0.3, -0.25) is 4.79 Å². The summed E-state index contributed by atoms with van der Waals surface area (Å²) in [6.07, 6.45) is -0.381. The van der Waals surface area contributed by atoms with E-state index in [0.717, 1.165) is 16.7 Å². The lowest BCUT2D eigenvalue weighted by Gasteiger charge is -1.99. The van der Waals surface area contributed by atoms with Gasteiger partial charge in [-0.25, -0.2) is 0 Å². The van der Waals surface area contributed by atoms with Crippen molar-refractivity contribution < 1.29 is 9.53 Å². The van der Waals surface area contributed by atoms with Crippen LogP contribution in [-0.2, 0) is 4.74 Å². The van der Waals surface area contributed by atoms with Crippen LogP contribution in [0, 0.1) is 6.92 Å². The SMILES string of the molecule is Cc1cccc(C(=O)[C@H]2O[C@@H]2c2ccccc2)c1. The number of aryl methyl sites for hydroxylation is 1. The van der Waals surface area contributed by atoms with E-state index in [2.05, 4.69) is 0 Å². The van der Waals surface area contributed by atoms with E-state index in [4.69, 9.17) is 4.74 Å². The van der Waals surface area contributed by atoms with Gasteiger partial charge >= 0.3 is 0 Å². The molecule has 3 rings (SSSR count). The molecule has 2 nitrogen and oxygen atoms in total. The molecule has 1 heterocycles. The number of ketones is 1. The molecule has 0 bridgehead atoms. The third-order valence-corrected chi connectivity index (χ3v) is 3.18. The largest absolute Gasteiger partial charge is 0.356 e. The second-order valence-corrected chi connectivity index (χ2v) is 4.62. The van der Waals surface area contributed by atoms with Crippen LogP contribution in [-0.4, -0.2) is 11.9 Å². The lowest BCUT2D eigenvalue weighted by Crippen LogP contribution is -2.08. The molecule has 2 atom stereocenters. The molecule has 1 fully saturated rings. The van der Waals surface area contributed by atoms with Gasteiger partial charge in [0.1, 0.15) is 6.10 Å². The number of ether oxygens (including phenoxy) is 1. The van der Waals surface area contributed by atoms with E-state index in [1.165, 1.54) is 0 Å². The lowest BCUT2D eigenvalue weighted by molar-refractivity contribution is 0.0953. The highest BCUT2D eigenvalue weighted by Crippen LogP contribution is 2.40. The second kappa shape index (κ2) is 4.39. The van der Waals surface area contributed by atoms with Crippen LogP contribution < -0.4 is 0 Å². The zero-order chi connectivity index (χ0) is 12.5. The van der Waals surface area contributed by atoms with Crippen molar-refractivity contribution in [2.45, 2.75) is 19.1 Å². The number of hydrogen-bond donors (Lipinski definition) is 0. The molecule has 0 N–H and O–H groups in total. The van der Waals surface area contributed by atoms with Gasteiger partial charge in [0.05, 0.1) is 0 Å². The molecule has 1 aliphatic heterocycles. The second-order valence-electron chi connectivity index (χ2n) is 4.62. The van der Waals surface area contributed by atoms with Crippen LogP contribution in [0.1, 0.15) is 27.6 Å². The van der Waals surface area contributed by atoms with Crippen LogP contribution in [0.2, 0.25) is 0 Å². The standard InChI is InChI=1S/C16H14O2/c1-11-6-5-9-13(10-11)14(17)16-15(18-16)12-7-3-2-4-8-12/h2-10,15-16H,1H3/t15-,16-/m1/s1. The number of rotatable bonds is 3. The number of carbonyl (C=O) groups excluding carboxylic acids is 1. The summed E-state index contributed by atoms with van der Waals surface area (Å²) in [5.74, 6) is 0.0764. The third-order valence-electron chi connectivity index (χ3n) is 3.18. The molecule has 1 saturated heterocycles. The maximum atomic E-state index is 12.2. The van der Waals surface area contributed by atoms with Crippen molar-refractivity contribution in [3.8, 4) is 0 Å². The Balaban J connectivity index is 1.77. The zero-order valence-corrected chi connectivity index (χ0v) is 10.2. The fraction of sp³-hybridized carbons (Fsp3) is 0.188. The molecule has 0 unspecified atom stereocenters. The van der Waals surface area contributed by atoms with E-state index in [0.29, 0.717) is 0 Å². The van der Waals surface area contributed by atoms with Gasteiger partial charge in [-0.15, -0.1) is 0 Å². The predicted molar refractivity (Wildman–Crippen MR) is 69.6 cm³/mol. The highest BCUT2D eigenvalue weighted by molar-refractivity contribution is 6.01. The van der Waals surface area contributed by atoms with Gasteiger partial charge in [-0.1, -0.05) is 54.1 Å². The van der Waals surface area contributed by atoms with Crippen molar-refractivity contribution in [2.75, 3.05) is 0 Å². The van der Waals surface area contributed by atoms with Crippen molar-refractivity contribution in [1.29, 1.82) is 0 Å². The summed E-state index contributed by atoms with van der Waals surface area (Å²) < 4.78 is 5.51. The van der Waals surface area contributed by atoms with Gasteiger partial charge in [-0.05, 0) is 18.6 Å². The van der Waals surface area contributed by atoms with Gasteiger partial charge in [0.2, 0.25) is 0 Å². The smallest absolute Gasteiger partial charge is 0.194 e. The van der Waals surface area contributed by atoms with Crippen LogP contribution in [0.25, 0.3) is 0 Å². The van der Waals surface area contributed by atoms with Crippen LogP contribution in [0.3, 0.4) is 0 Å². The van der Waals surface area contributed by atoms with Crippen molar-refractivity contribution >= 4 is 5.78 Å². The van der Waals surface area contributed by atoms with Crippen molar-refractivity contribution in [3.05, 3.63) is 71.3 Å². The van der Waals surface area contributed by atoms with Crippen LogP contribution in [0.4, 0.5) is 0 Å². The number of Topliss-reactive ketones (excluding diaryl/α,β-unsaturated/α-hetero) is 1. The summed E-state index contributed by atoms with van der Waals surface area (Å²) in [5, 5.41) is 0. The Labute approximate surface area is 106 Å². The quantitative estimate of drug-likeness (QED) is 0.606. The first-order valence-corrected chi connectivity index (χ1v) is 6.07. The molecular formula is C16H14O2. The Morgan fingerprint density at radius 2 is 1.83 bits per heavy atom. The Kier molecular flexibility index (Phi) is 2.73. The monoisotopic (exact) mass is 238 g/mol. The Morgan fingerprint density at radius 3 is 2.56 bits per heavy atom. The van der Waals surface area contributed by atoms with E-state index in [9.17, 15) is 4.79 Å². The molecule has 1 aliphatic rings. The molecule has 0 aliphatic carbocycles. The molecular weight excluding hydrogens is 224 g/mol. The molecule has 2 heteroatoms. The van der Waals surface area contributed by atoms with Crippen molar-refractivity contribution in [1.82, 2.24) is 0 Å². The average Bonchev–Trinajstić information content (AvgIpc) is 3.19. The molecule has 0 saturated carbocycles. The molecule has 18 heavy (non-hydrogen) atoms. The molecule has 0 spiro atoms. The number of hydrogen-bond acceptors (Lipinski definition) is 2. The highest BCUT2D eigenvalue weighted by Gasteiger charge is 2.45. The van der Waals surface area contributed by atoms with E-state index in [1.807, 2.05) is 61.5 Å². The molecule has 2 aromatic rings. The average molecular weight is 238 g/mol. The van der Waals surface area contributed by atoms with Gasteiger partial charge < -0.3 is 4.74 Å². The van der Waals surface area contributed by atoms with Gasteiger partial charge in [-0.2, -0.15) is 0 Å². The maximum Gasteiger partial charge on any atom is 0.194 e. The van der Waals surface area contributed by atoms with E-state index in [1.54, 1.807) is 0 Å². The minimum absolute atomic E-state index is 0.0702. The molecule has 0 amide bonds. The van der Waals surface area contributed by atoms with E-state index in [-0.39, 0.29) is 18.0 Å². The summed E-state index contributed by atoms with van der Waals surface area (Å²) in [7, 11) is 0. The third kappa shape index (κ3) is 2.07. The normalized spacial score (nSPS) is 21.6. The van der Waals surface area contributed by atoms with E-state index >= 15 is 0 Å². The number of epoxide rings is 1. The summed E-state index contributed by atoms with van der Waals surface area (Å²) in [5.41, 5.74) is 2.90. The predicted octanol–water partition coefficient (Wildman–Crippen LogP) is 3.32. The number of benzene rings is 2. The highest BCUT2D eigenvalue weighted by atomic mass is 16.6. The summed E-state index contributed by atoms with van der Waals surface area (Å²) in [4.78, 5) is 12.2. The van der Waals surface area contributed by atoms with Crippen LogP contribution >= 0.6 is 0 Å². The van der Waals surface area contributed by atoms with Crippen LogP contribution in [0.15, 0.2) is 54.6 Å². The van der Waals surface area contributed by atoms with Gasteiger partial charge in [0, 0.05) is 5.56 Å². The van der Waals surface area contributed by atoms with Gasteiger partial charge in [0.25, 0.3) is 0 Å². The fourth-order valence-electron chi connectivity index (χ4n) is 2.17. The summed E-state index contributed by atoms with van der Waals surface area (Å²) in [6.45, 7) is 1.99. The molecule has 2 aromatic carbocycles. The Bertz CT molecular complexity index is 575. The van der Waals surface area contributed by atoms with Crippen molar-refractivity contribution in [3.63, 3.8) is 0 Å². The fourth-order valence-corrected chi connectivity index (χ4v) is 2.17. The van der Waals surface area contributed by atoms with Crippen molar-refractivity contribution in [2.24, 2.45) is 0 Å². The maximum absolute atomic E-state index is 12.2. The summed E-state index contributed by atoms with van der Waals surface area (Å²) >= 11 is 0.